The number of benzene rings is 1. The van der Waals surface area contributed by atoms with Crippen molar-refractivity contribution < 1.29 is 9.53 Å². The van der Waals surface area contributed by atoms with Crippen LogP contribution in [-0.4, -0.2) is 31.6 Å². The molecule has 0 aliphatic carbocycles. The van der Waals surface area contributed by atoms with E-state index in [0.717, 1.165) is 36.5 Å². The smallest absolute Gasteiger partial charge is 0.231 e. The van der Waals surface area contributed by atoms with Gasteiger partial charge in [-0.3, -0.25) is 4.79 Å². The molecule has 0 aromatic heterocycles. The molecule has 1 N–H and O–H groups in total. The summed E-state index contributed by atoms with van der Waals surface area (Å²) in [5, 5.41) is 3.26. The van der Waals surface area contributed by atoms with Crippen molar-refractivity contribution in [3.8, 4) is 5.75 Å². The molecule has 0 unspecified atom stereocenters. The van der Waals surface area contributed by atoms with Crippen LogP contribution in [0.5, 0.6) is 5.75 Å². The van der Waals surface area contributed by atoms with E-state index in [-0.39, 0.29) is 17.9 Å². The molecule has 2 aliphatic rings. The van der Waals surface area contributed by atoms with Crippen molar-refractivity contribution in [2.75, 3.05) is 24.5 Å². The van der Waals surface area contributed by atoms with Gasteiger partial charge in [-0.1, -0.05) is 6.07 Å². The summed E-state index contributed by atoms with van der Waals surface area (Å²) in [4.78, 5) is 14.5. The number of amides is 1. The van der Waals surface area contributed by atoms with Crippen molar-refractivity contribution >= 4 is 11.6 Å². The van der Waals surface area contributed by atoms with Gasteiger partial charge >= 0.3 is 0 Å². The normalized spacial score (nSPS) is 25.9. The highest BCUT2D eigenvalue weighted by molar-refractivity contribution is 5.97. The SMILES string of the molecule is Cc1ccc2c(c1)O[C@@H](C)CN2C(=O)[C@@H]1CCNC1. The average molecular weight is 260 g/mol. The monoisotopic (exact) mass is 260 g/mol. The Morgan fingerprint density at radius 3 is 3.05 bits per heavy atom. The van der Waals surface area contributed by atoms with Crippen molar-refractivity contribution in [1.82, 2.24) is 5.32 Å². The highest BCUT2D eigenvalue weighted by atomic mass is 16.5. The molecule has 1 fully saturated rings. The number of carbonyl (C=O) groups excluding carboxylic acids is 1. The third-order valence-corrected chi connectivity index (χ3v) is 3.85. The average Bonchev–Trinajstić information content (AvgIpc) is 2.90. The molecule has 19 heavy (non-hydrogen) atoms. The molecule has 1 saturated heterocycles. The lowest BCUT2D eigenvalue weighted by molar-refractivity contribution is -0.122. The Balaban J connectivity index is 1.92. The van der Waals surface area contributed by atoms with Gasteiger partial charge in [0.25, 0.3) is 0 Å². The molecule has 0 bridgehead atoms. The van der Waals surface area contributed by atoms with Crippen LogP contribution in [0.1, 0.15) is 18.9 Å². The Hall–Kier alpha value is -1.55. The third kappa shape index (κ3) is 2.32. The van der Waals surface area contributed by atoms with Gasteiger partial charge in [0.15, 0.2) is 0 Å². The van der Waals surface area contributed by atoms with Crippen LogP contribution in [0.25, 0.3) is 0 Å². The summed E-state index contributed by atoms with van der Waals surface area (Å²) in [5.41, 5.74) is 2.07. The maximum atomic E-state index is 12.6. The number of fused-ring (bicyclic) bond motifs is 1. The second kappa shape index (κ2) is 4.85. The third-order valence-electron chi connectivity index (χ3n) is 3.85. The van der Waals surface area contributed by atoms with E-state index in [9.17, 15) is 4.79 Å². The highest BCUT2D eigenvalue weighted by Gasteiger charge is 2.33. The van der Waals surface area contributed by atoms with Gasteiger partial charge in [0.05, 0.1) is 18.2 Å². The van der Waals surface area contributed by atoms with Gasteiger partial charge < -0.3 is 15.0 Å². The Morgan fingerprint density at radius 1 is 1.47 bits per heavy atom. The first-order valence-electron chi connectivity index (χ1n) is 6.94. The van der Waals surface area contributed by atoms with E-state index in [4.69, 9.17) is 4.74 Å². The van der Waals surface area contributed by atoms with E-state index in [0.29, 0.717) is 6.54 Å². The van der Waals surface area contributed by atoms with Gasteiger partial charge in [-0.25, -0.2) is 0 Å². The zero-order valence-electron chi connectivity index (χ0n) is 11.5. The quantitative estimate of drug-likeness (QED) is 0.836. The molecule has 3 rings (SSSR count). The lowest BCUT2D eigenvalue weighted by Gasteiger charge is -2.35. The van der Waals surface area contributed by atoms with Crippen molar-refractivity contribution in [2.45, 2.75) is 26.4 Å². The maximum Gasteiger partial charge on any atom is 0.231 e. The van der Waals surface area contributed by atoms with E-state index in [2.05, 4.69) is 5.32 Å². The zero-order valence-corrected chi connectivity index (χ0v) is 11.5. The number of nitrogens with zero attached hydrogens (tertiary/aromatic N) is 1. The van der Waals surface area contributed by atoms with E-state index in [1.807, 2.05) is 36.9 Å². The topological polar surface area (TPSA) is 41.6 Å². The summed E-state index contributed by atoms with van der Waals surface area (Å²) in [6.45, 7) is 6.43. The summed E-state index contributed by atoms with van der Waals surface area (Å²) in [6, 6.07) is 6.04. The van der Waals surface area contributed by atoms with E-state index >= 15 is 0 Å². The van der Waals surface area contributed by atoms with Crippen LogP contribution in [0.4, 0.5) is 5.69 Å². The predicted octanol–water partition coefficient (Wildman–Crippen LogP) is 1.72. The van der Waals surface area contributed by atoms with E-state index in [1.54, 1.807) is 0 Å². The van der Waals surface area contributed by atoms with Crippen LogP contribution >= 0.6 is 0 Å². The number of hydrogen-bond donors (Lipinski definition) is 1. The molecule has 1 aromatic carbocycles. The van der Waals surface area contributed by atoms with Crippen LogP contribution in [0.15, 0.2) is 18.2 Å². The number of hydrogen-bond acceptors (Lipinski definition) is 3. The fourth-order valence-electron chi connectivity index (χ4n) is 2.84. The first-order chi connectivity index (χ1) is 9.15. The second-order valence-corrected chi connectivity index (χ2v) is 5.54. The molecule has 1 aromatic rings. The minimum atomic E-state index is 0.0487. The number of nitrogens with one attached hydrogen (secondary N) is 1. The number of carbonyl (C=O) groups is 1. The second-order valence-electron chi connectivity index (χ2n) is 5.54. The van der Waals surface area contributed by atoms with E-state index < -0.39 is 0 Å². The minimum absolute atomic E-state index is 0.0487. The Morgan fingerprint density at radius 2 is 2.32 bits per heavy atom. The van der Waals surface area contributed by atoms with Crippen LogP contribution in [-0.2, 0) is 4.79 Å². The molecule has 0 radical (unpaired) electrons. The van der Waals surface area contributed by atoms with E-state index in [1.165, 1.54) is 0 Å². The van der Waals surface area contributed by atoms with Gasteiger partial charge in [0.1, 0.15) is 11.9 Å². The van der Waals surface area contributed by atoms with Gasteiger partial charge in [-0.05, 0) is 44.5 Å². The van der Waals surface area contributed by atoms with Gasteiger partial charge in [-0.2, -0.15) is 0 Å². The molecular formula is C15H20N2O2. The lowest BCUT2D eigenvalue weighted by Crippen LogP contribution is -2.45. The summed E-state index contributed by atoms with van der Waals surface area (Å²) >= 11 is 0. The van der Waals surface area contributed by atoms with Crippen LogP contribution in [0.3, 0.4) is 0 Å². The molecule has 102 valence electrons. The van der Waals surface area contributed by atoms with Crippen LogP contribution in [0, 0.1) is 12.8 Å². The van der Waals surface area contributed by atoms with Crippen molar-refractivity contribution in [3.05, 3.63) is 23.8 Å². The Kier molecular flexibility index (Phi) is 3.19. The van der Waals surface area contributed by atoms with Crippen LogP contribution in [0.2, 0.25) is 0 Å². The summed E-state index contributed by atoms with van der Waals surface area (Å²) in [7, 11) is 0. The lowest BCUT2D eigenvalue weighted by atomic mass is 10.0. The molecule has 4 nitrogen and oxygen atoms in total. The molecule has 1 amide bonds. The van der Waals surface area contributed by atoms with Crippen molar-refractivity contribution in [2.24, 2.45) is 5.92 Å². The maximum absolute atomic E-state index is 12.6. The number of anilines is 1. The van der Waals surface area contributed by atoms with Crippen LogP contribution < -0.4 is 15.0 Å². The van der Waals surface area contributed by atoms with Gasteiger partial charge in [-0.15, -0.1) is 0 Å². The van der Waals surface area contributed by atoms with Gasteiger partial charge in [0, 0.05) is 6.54 Å². The Labute approximate surface area is 113 Å². The summed E-state index contributed by atoms with van der Waals surface area (Å²) in [6.07, 6.45) is 0.985. The minimum Gasteiger partial charge on any atom is -0.487 e. The van der Waals surface area contributed by atoms with Crippen molar-refractivity contribution in [3.63, 3.8) is 0 Å². The number of rotatable bonds is 1. The highest BCUT2D eigenvalue weighted by Crippen LogP contribution is 2.35. The molecule has 2 heterocycles. The Bertz CT molecular complexity index is 495. The molecular weight excluding hydrogens is 240 g/mol. The van der Waals surface area contributed by atoms with Crippen molar-refractivity contribution in [1.29, 1.82) is 0 Å². The molecule has 4 heteroatoms. The predicted molar refractivity (Wildman–Crippen MR) is 74.6 cm³/mol. The standard InChI is InChI=1S/C15H20N2O2/c1-10-3-4-13-14(7-10)19-11(2)9-17(13)15(18)12-5-6-16-8-12/h3-4,7,11-12,16H,5-6,8-9H2,1-2H3/t11-,12+/m0/s1. The molecule has 2 aliphatic heterocycles. The first kappa shape index (κ1) is 12.5. The molecule has 0 saturated carbocycles. The molecule has 0 spiro atoms. The fourth-order valence-corrected chi connectivity index (χ4v) is 2.84. The largest absolute Gasteiger partial charge is 0.487 e. The zero-order chi connectivity index (χ0) is 13.4. The number of ether oxygens (including phenoxy) is 1. The number of aryl methyl sites for hydroxylation is 1. The molecule has 2 atom stereocenters. The summed E-state index contributed by atoms with van der Waals surface area (Å²) in [5.74, 6) is 1.17. The fraction of sp³-hybridized carbons (Fsp3) is 0.533. The summed E-state index contributed by atoms with van der Waals surface area (Å²) < 4.78 is 5.85. The first-order valence-corrected chi connectivity index (χ1v) is 6.94. The van der Waals surface area contributed by atoms with Gasteiger partial charge in [0.2, 0.25) is 5.91 Å².